The molecular weight excluding hydrogens is 432 g/mol. The van der Waals surface area contributed by atoms with E-state index in [-0.39, 0.29) is 12.6 Å². The van der Waals surface area contributed by atoms with Gasteiger partial charge < -0.3 is 15.0 Å². The molecule has 1 aliphatic heterocycles. The van der Waals surface area contributed by atoms with Gasteiger partial charge in [0.25, 0.3) is 0 Å². The molecule has 8 nitrogen and oxygen atoms in total. The summed E-state index contributed by atoms with van der Waals surface area (Å²) in [6, 6.07) is 24.2. The molecular formula is C26H28N4O4. The summed E-state index contributed by atoms with van der Waals surface area (Å²) < 4.78 is 5.47. The molecule has 1 heterocycles. The predicted octanol–water partition coefficient (Wildman–Crippen LogP) is 5.17. The lowest BCUT2D eigenvalue weighted by atomic mass is 9.99. The summed E-state index contributed by atoms with van der Waals surface area (Å²) in [6.07, 6.45) is -0.999. The van der Waals surface area contributed by atoms with Crippen LogP contribution in [0.2, 0.25) is 0 Å². The minimum atomic E-state index is -0.999. The molecule has 2 N–H and O–H groups in total. The predicted molar refractivity (Wildman–Crippen MR) is 130 cm³/mol. The van der Waals surface area contributed by atoms with Crippen LogP contribution >= 0.6 is 0 Å². The highest BCUT2D eigenvalue weighted by atomic mass is 16.5. The average Bonchev–Trinajstić information content (AvgIpc) is 3.05. The Labute approximate surface area is 198 Å². The van der Waals surface area contributed by atoms with Crippen LogP contribution in [-0.2, 0) is 6.54 Å². The molecule has 3 aromatic rings. The fourth-order valence-corrected chi connectivity index (χ4v) is 4.27. The van der Waals surface area contributed by atoms with Gasteiger partial charge in [-0.1, -0.05) is 54.6 Å². The van der Waals surface area contributed by atoms with Crippen LogP contribution in [0.25, 0.3) is 0 Å². The van der Waals surface area contributed by atoms with E-state index in [1.807, 2.05) is 50.2 Å². The summed E-state index contributed by atoms with van der Waals surface area (Å²) in [7, 11) is 1.58. The number of nitrogens with zero attached hydrogens (tertiary/aromatic N) is 3. The Morgan fingerprint density at radius 3 is 2.24 bits per heavy atom. The zero-order valence-corrected chi connectivity index (χ0v) is 19.4. The minimum absolute atomic E-state index is 0.240. The van der Waals surface area contributed by atoms with Crippen molar-refractivity contribution in [3.63, 3.8) is 0 Å². The monoisotopic (exact) mass is 460 g/mol. The third-order valence-corrected chi connectivity index (χ3v) is 6.03. The van der Waals surface area contributed by atoms with Crippen molar-refractivity contribution < 1.29 is 19.5 Å². The molecule has 4 rings (SSSR count). The Morgan fingerprint density at radius 1 is 1.00 bits per heavy atom. The lowest BCUT2D eigenvalue weighted by molar-refractivity contribution is -0.0955. The quantitative estimate of drug-likeness (QED) is 0.393. The van der Waals surface area contributed by atoms with Crippen LogP contribution in [0.3, 0.4) is 0 Å². The first-order valence-electron chi connectivity index (χ1n) is 11.0. The molecule has 4 amide bonds. The third-order valence-electron chi connectivity index (χ3n) is 6.03. The average molecular weight is 461 g/mol. The van der Waals surface area contributed by atoms with Crippen molar-refractivity contribution in [1.29, 1.82) is 0 Å². The smallest absolute Gasteiger partial charge is 0.347 e. The molecule has 3 aromatic carbocycles. The second-order valence-corrected chi connectivity index (χ2v) is 8.55. The number of methoxy groups -OCH3 is 1. The van der Waals surface area contributed by atoms with Gasteiger partial charge in [0.05, 0.1) is 19.2 Å². The zero-order valence-electron chi connectivity index (χ0n) is 19.4. The summed E-state index contributed by atoms with van der Waals surface area (Å²) in [5, 5.41) is 14.4. The van der Waals surface area contributed by atoms with Crippen molar-refractivity contribution >= 4 is 23.4 Å². The van der Waals surface area contributed by atoms with E-state index in [2.05, 4.69) is 5.32 Å². The molecule has 0 radical (unpaired) electrons. The Hall–Kier alpha value is -4.04. The fourth-order valence-electron chi connectivity index (χ4n) is 4.27. The van der Waals surface area contributed by atoms with Crippen LogP contribution in [0.5, 0.6) is 5.75 Å². The molecule has 0 saturated carbocycles. The van der Waals surface area contributed by atoms with Crippen LogP contribution in [-0.4, -0.2) is 46.0 Å². The number of rotatable bonds is 6. The Kier molecular flexibility index (Phi) is 6.43. The van der Waals surface area contributed by atoms with Crippen LogP contribution < -0.4 is 15.0 Å². The van der Waals surface area contributed by atoms with Crippen molar-refractivity contribution in [2.24, 2.45) is 0 Å². The van der Waals surface area contributed by atoms with Crippen molar-refractivity contribution in [3.05, 3.63) is 90.5 Å². The second kappa shape index (κ2) is 9.44. The first-order valence-corrected chi connectivity index (χ1v) is 11.0. The highest BCUT2D eigenvalue weighted by Gasteiger charge is 2.56. The molecule has 1 aliphatic rings. The van der Waals surface area contributed by atoms with Gasteiger partial charge in [-0.2, -0.15) is 5.06 Å². The van der Waals surface area contributed by atoms with Gasteiger partial charge in [0.15, 0.2) is 6.17 Å². The minimum Gasteiger partial charge on any atom is -0.496 e. The number of ether oxygens (including phenoxy) is 1. The van der Waals surface area contributed by atoms with Crippen LogP contribution in [0, 0.1) is 0 Å². The number of benzene rings is 3. The number of anilines is 2. The molecule has 176 valence electrons. The highest BCUT2D eigenvalue weighted by molar-refractivity contribution is 5.98. The Bertz CT molecular complexity index is 1150. The number of hydrogen-bond acceptors (Lipinski definition) is 4. The standard InChI is InChI=1S/C26H28N4O4/c1-26(2)23(30(33)24(31)27-20-13-6-4-7-14-20)29(21-15-8-5-9-16-21)25(32)28(26)18-19-12-10-11-17-22(19)34-3/h4-17,23,33H,18H2,1-3H3,(H,27,31)/t23-/m1/s1. The number of para-hydroxylation sites is 3. The summed E-state index contributed by atoms with van der Waals surface area (Å²) in [5.41, 5.74) is 0.958. The van der Waals surface area contributed by atoms with Gasteiger partial charge in [-0.15, -0.1) is 0 Å². The van der Waals surface area contributed by atoms with Crippen molar-refractivity contribution in [1.82, 2.24) is 9.96 Å². The van der Waals surface area contributed by atoms with Gasteiger partial charge in [0, 0.05) is 16.9 Å². The van der Waals surface area contributed by atoms with E-state index in [0.29, 0.717) is 22.2 Å². The number of hydrogen-bond donors (Lipinski definition) is 2. The molecule has 8 heteroatoms. The number of carbonyl (C=O) groups excluding carboxylic acids is 2. The maximum Gasteiger partial charge on any atom is 0.347 e. The Balaban J connectivity index is 1.71. The molecule has 0 spiro atoms. The van der Waals surface area contributed by atoms with Crippen LogP contribution in [0.1, 0.15) is 19.4 Å². The van der Waals surface area contributed by atoms with E-state index in [1.54, 1.807) is 60.5 Å². The van der Waals surface area contributed by atoms with E-state index < -0.39 is 17.7 Å². The van der Waals surface area contributed by atoms with Crippen molar-refractivity contribution in [2.45, 2.75) is 32.1 Å². The van der Waals surface area contributed by atoms with Crippen molar-refractivity contribution in [2.75, 3.05) is 17.3 Å². The highest BCUT2D eigenvalue weighted by Crippen LogP contribution is 2.39. The van der Waals surface area contributed by atoms with Gasteiger partial charge in [-0.25, -0.2) is 9.59 Å². The molecule has 1 fully saturated rings. The molecule has 1 atom stereocenters. The number of amides is 4. The van der Waals surface area contributed by atoms with E-state index in [0.717, 1.165) is 5.56 Å². The summed E-state index contributed by atoms with van der Waals surface area (Å²) in [4.78, 5) is 29.9. The molecule has 1 saturated heterocycles. The fraction of sp³-hybridized carbons (Fsp3) is 0.231. The van der Waals surface area contributed by atoms with E-state index in [1.165, 1.54) is 4.90 Å². The lowest BCUT2D eigenvalue weighted by Crippen LogP contribution is -2.58. The SMILES string of the molecule is COc1ccccc1CN1C(=O)N(c2ccccc2)[C@H](N(O)C(=O)Nc2ccccc2)C1(C)C. The number of urea groups is 2. The van der Waals surface area contributed by atoms with Gasteiger partial charge in [-0.3, -0.25) is 10.1 Å². The van der Waals surface area contributed by atoms with E-state index >= 15 is 0 Å². The number of carbonyl (C=O) groups is 2. The second-order valence-electron chi connectivity index (χ2n) is 8.55. The molecule has 0 unspecified atom stereocenters. The number of hydroxylamine groups is 2. The number of nitrogens with one attached hydrogen (secondary N) is 1. The van der Waals surface area contributed by atoms with Crippen molar-refractivity contribution in [3.8, 4) is 5.75 Å². The Morgan fingerprint density at radius 2 is 1.59 bits per heavy atom. The maximum absolute atomic E-state index is 13.8. The zero-order chi connectivity index (χ0) is 24.3. The first-order chi connectivity index (χ1) is 16.3. The summed E-state index contributed by atoms with van der Waals surface area (Å²) >= 11 is 0. The normalized spacial score (nSPS) is 16.9. The van der Waals surface area contributed by atoms with Gasteiger partial charge in [0.2, 0.25) is 0 Å². The molecule has 0 aliphatic carbocycles. The van der Waals surface area contributed by atoms with E-state index in [9.17, 15) is 14.8 Å². The summed E-state index contributed by atoms with van der Waals surface area (Å²) in [5.74, 6) is 0.656. The van der Waals surface area contributed by atoms with E-state index in [4.69, 9.17) is 4.74 Å². The largest absolute Gasteiger partial charge is 0.496 e. The lowest BCUT2D eigenvalue weighted by Gasteiger charge is -2.38. The maximum atomic E-state index is 13.8. The molecule has 0 aromatic heterocycles. The van der Waals surface area contributed by atoms with Crippen LogP contribution in [0.4, 0.5) is 21.0 Å². The van der Waals surface area contributed by atoms with Gasteiger partial charge >= 0.3 is 12.1 Å². The topological polar surface area (TPSA) is 85.3 Å². The third kappa shape index (κ3) is 4.27. The van der Waals surface area contributed by atoms with Gasteiger partial charge in [-0.05, 0) is 44.2 Å². The summed E-state index contributed by atoms with van der Waals surface area (Å²) in [6.45, 7) is 3.89. The van der Waals surface area contributed by atoms with Crippen LogP contribution in [0.15, 0.2) is 84.9 Å². The molecule has 34 heavy (non-hydrogen) atoms. The molecule has 0 bridgehead atoms. The first kappa shape index (κ1) is 23.1. The van der Waals surface area contributed by atoms with Gasteiger partial charge in [0.1, 0.15) is 5.75 Å².